The zero-order valence-electron chi connectivity index (χ0n) is 16.4. The Labute approximate surface area is 178 Å². The summed E-state index contributed by atoms with van der Waals surface area (Å²) in [5, 5.41) is 11.9. The van der Waals surface area contributed by atoms with E-state index in [1.54, 1.807) is 25.1 Å². The molecule has 1 aromatic heterocycles. The molecule has 166 valence electrons. The van der Waals surface area contributed by atoms with Crippen LogP contribution in [0.4, 0.5) is 23.2 Å². The highest BCUT2D eigenvalue weighted by Crippen LogP contribution is 2.34. The maximum Gasteiger partial charge on any atom is 0.435 e. The molecule has 12 heteroatoms. The summed E-state index contributed by atoms with van der Waals surface area (Å²) in [6, 6.07) is 8.13. The van der Waals surface area contributed by atoms with Crippen LogP contribution < -0.4 is 15.4 Å². The molecule has 2 N–H and O–H groups in total. The number of carbonyl (C=O) groups excluding carboxylic acids is 2. The van der Waals surface area contributed by atoms with E-state index in [1.807, 2.05) is 0 Å². The first-order valence-electron chi connectivity index (χ1n) is 9.30. The van der Waals surface area contributed by atoms with Crippen LogP contribution in [-0.2, 0) is 11.0 Å². The third-order valence-electron chi connectivity index (χ3n) is 4.71. The molecule has 1 aliphatic rings. The van der Waals surface area contributed by atoms with E-state index in [2.05, 4.69) is 20.9 Å². The lowest BCUT2D eigenvalue weighted by atomic mass is 10.1. The van der Waals surface area contributed by atoms with Crippen LogP contribution in [0.2, 0.25) is 0 Å². The van der Waals surface area contributed by atoms with Gasteiger partial charge in [-0.05, 0) is 48.9 Å². The first kappa shape index (κ1) is 21.3. The van der Waals surface area contributed by atoms with E-state index in [9.17, 15) is 27.2 Å². The second-order valence-electron chi connectivity index (χ2n) is 6.96. The molecule has 8 nitrogen and oxygen atoms in total. The van der Waals surface area contributed by atoms with Gasteiger partial charge < -0.3 is 15.4 Å². The number of nitrogens with zero attached hydrogens (tertiary/aromatic N) is 3. The molecule has 0 saturated heterocycles. The summed E-state index contributed by atoms with van der Waals surface area (Å²) in [6.45, 7) is 1.44. The van der Waals surface area contributed by atoms with Gasteiger partial charge in [0.15, 0.2) is 18.0 Å². The van der Waals surface area contributed by atoms with Gasteiger partial charge in [-0.25, -0.2) is 9.07 Å². The monoisotopic (exact) mass is 449 g/mol. The van der Waals surface area contributed by atoms with Gasteiger partial charge in [-0.3, -0.25) is 9.59 Å². The van der Waals surface area contributed by atoms with Crippen molar-refractivity contribution in [3.05, 3.63) is 65.2 Å². The van der Waals surface area contributed by atoms with Crippen LogP contribution >= 0.6 is 0 Å². The maximum absolute atomic E-state index is 13.7. The van der Waals surface area contributed by atoms with Crippen LogP contribution in [0.5, 0.6) is 5.75 Å². The van der Waals surface area contributed by atoms with E-state index in [-0.39, 0.29) is 18.2 Å². The summed E-state index contributed by atoms with van der Waals surface area (Å²) >= 11 is 0. The van der Waals surface area contributed by atoms with Crippen molar-refractivity contribution >= 4 is 17.5 Å². The lowest BCUT2D eigenvalue weighted by molar-refractivity contribution is -0.143. The molecule has 0 saturated carbocycles. The van der Waals surface area contributed by atoms with Gasteiger partial charge in [0.1, 0.15) is 11.6 Å². The minimum absolute atomic E-state index is 0.108. The highest BCUT2D eigenvalue weighted by atomic mass is 19.4. The number of rotatable bonds is 4. The fraction of sp³-hybridized carbons (Fsp3) is 0.200. The van der Waals surface area contributed by atoms with Crippen LogP contribution in [0.25, 0.3) is 5.69 Å². The first-order valence-corrected chi connectivity index (χ1v) is 9.30. The molecule has 0 spiro atoms. The van der Waals surface area contributed by atoms with Crippen LogP contribution in [0, 0.1) is 5.82 Å². The number of fused-ring (bicyclic) bond motifs is 1. The van der Waals surface area contributed by atoms with Crippen molar-refractivity contribution in [1.29, 1.82) is 0 Å². The number of benzene rings is 2. The lowest BCUT2D eigenvalue weighted by Gasteiger charge is -2.21. The summed E-state index contributed by atoms with van der Waals surface area (Å²) in [7, 11) is 0. The topological polar surface area (TPSA) is 98.1 Å². The molecule has 3 aromatic rings. The molecule has 2 amide bonds. The summed E-state index contributed by atoms with van der Waals surface area (Å²) < 4.78 is 60.1. The second-order valence-corrected chi connectivity index (χ2v) is 6.96. The van der Waals surface area contributed by atoms with Gasteiger partial charge in [0, 0.05) is 0 Å². The van der Waals surface area contributed by atoms with Crippen molar-refractivity contribution in [3.63, 3.8) is 0 Å². The number of amides is 2. The summed E-state index contributed by atoms with van der Waals surface area (Å²) in [5.41, 5.74) is -1.52. The van der Waals surface area contributed by atoms with E-state index >= 15 is 0 Å². The van der Waals surface area contributed by atoms with Crippen molar-refractivity contribution in [1.82, 2.24) is 20.3 Å². The molecule has 1 atom stereocenters. The molecular weight excluding hydrogens is 434 g/mol. The van der Waals surface area contributed by atoms with E-state index in [4.69, 9.17) is 4.74 Å². The maximum atomic E-state index is 13.7. The zero-order valence-corrected chi connectivity index (χ0v) is 16.4. The Morgan fingerprint density at radius 1 is 1.22 bits per heavy atom. The molecule has 0 aliphatic carbocycles. The second kappa shape index (κ2) is 7.94. The van der Waals surface area contributed by atoms with Crippen molar-refractivity contribution < 1.29 is 31.9 Å². The molecule has 4 rings (SSSR count). The summed E-state index contributed by atoms with van der Waals surface area (Å²) in [6.07, 6.45) is -4.96. The minimum Gasteiger partial charge on any atom is -0.482 e. The van der Waals surface area contributed by atoms with E-state index in [0.717, 1.165) is 24.3 Å². The van der Waals surface area contributed by atoms with Crippen LogP contribution in [0.3, 0.4) is 0 Å². The molecular formula is C20H15F4N5O3. The Hall–Kier alpha value is -3.96. The van der Waals surface area contributed by atoms with Gasteiger partial charge in [-0.1, -0.05) is 11.3 Å². The number of hydrogen-bond donors (Lipinski definition) is 2. The fourth-order valence-electron chi connectivity index (χ4n) is 3.17. The summed E-state index contributed by atoms with van der Waals surface area (Å²) in [5.74, 6) is -1.65. The highest BCUT2D eigenvalue weighted by molar-refractivity contribution is 5.96. The Morgan fingerprint density at radius 3 is 2.62 bits per heavy atom. The standard InChI is InChI=1S/C20H15F4N5O3/c1-10(11-2-7-15-14(8-11)26-16(30)9-32-15)25-19(31)17-18(20(22,23)24)29(28-27-17)13-5-3-12(21)4-6-13/h2-8,10H,9H2,1H3,(H,25,31)(H,26,30). The number of carbonyl (C=O) groups is 2. The molecule has 0 radical (unpaired) electrons. The Balaban J connectivity index is 1.61. The number of nitrogens with one attached hydrogen (secondary N) is 2. The normalized spacial score (nSPS) is 14.2. The molecule has 0 fully saturated rings. The van der Waals surface area contributed by atoms with Gasteiger partial charge in [0.2, 0.25) is 0 Å². The van der Waals surface area contributed by atoms with Gasteiger partial charge in [-0.2, -0.15) is 13.2 Å². The largest absolute Gasteiger partial charge is 0.482 e. The fourth-order valence-corrected chi connectivity index (χ4v) is 3.17. The zero-order chi connectivity index (χ0) is 23.0. The first-order chi connectivity index (χ1) is 15.1. The van der Waals surface area contributed by atoms with Gasteiger partial charge in [0.05, 0.1) is 17.4 Å². The molecule has 2 heterocycles. The average molecular weight is 449 g/mol. The number of ether oxygens (including phenoxy) is 1. The smallest absolute Gasteiger partial charge is 0.435 e. The number of halogens is 4. The number of aromatic nitrogens is 3. The highest BCUT2D eigenvalue weighted by Gasteiger charge is 2.42. The number of alkyl halides is 3. The molecule has 1 aliphatic heterocycles. The third-order valence-corrected chi connectivity index (χ3v) is 4.71. The predicted octanol–water partition coefficient (Wildman–Crippen LogP) is 3.25. The van der Waals surface area contributed by atoms with Crippen molar-refractivity contribution in [3.8, 4) is 11.4 Å². The SMILES string of the molecule is CC(NC(=O)c1nnn(-c2ccc(F)cc2)c1C(F)(F)F)c1ccc2c(c1)NC(=O)CO2. The number of hydrogen-bond acceptors (Lipinski definition) is 5. The van der Waals surface area contributed by atoms with Gasteiger partial charge in [-0.15, -0.1) is 5.10 Å². The Kier molecular flexibility index (Phi) is 5.28. The lowest BCUT2D eigenvalue weighted by Crippen LogP contribution is -2.30. The van der Waals surface area contributed by atoms with E-state index < -0.39 is 35.3 Å². The molecule has 2 aromatic carbocycles. The average Bonchev–Trinajstić information content (AvgIpc) is 3.19. The van der Waals surface area contributed by atoms with Gasteiger partial charge >= 0.3 is 6.18 Å². The van der Waals surface area contributed by atoms with E-state index in [1.165, 1.54) is 0 Å². The van der Waals surface area contributed by atoms with Crippen LogP contribution in [0.15, 0.2) is 42.5 Å². The predicted molar refractivity (Wildman–Crippen MR) is 103 cm³/mol. The van der Waals surface area contributed by atoms with Crippen LogP contribution in [0.1, 0.15) is 34.7 Å². The Morgan fingerprint density at radius 2 is 1.94 bits per heavy atom. The molecule has 1 unspecified atom stereocenters. The van der Waals surface area contributed by atoms with E-state index in [0.29, 0.717) is 21.7 Å². The molecule has 32 heavy (non-hydrogen) atoms. The Bertz CT molecular complexity index is 1190. The summed E-state index contributed by atoms with van der Waals surface area (Å²) in [4.78, 5) is 24.1. The van der Waals surface area contributed by atoms with Crippen molar-refractivity contribution in [2.75, 3.05) is 11.9 Å². The van der Waals surface area contributed by atoms with Crippen molar-refractivity contribution in [2.24, 2.45) is 0 Å². The quantitative estimate of drug-likeness (QED) is 0.596. The molecule has 0 bridgehead atoms. The van der Waals surface area contributed by atoms with Crippen LogP contribution in [-0.4, -0.2) is 33.4 Å². The third kappa shape index (κ3) is 4.11. The van der Waals surface area contributed by atoms with Gasteiger partial charge in [0.25, 0.3) is 11.8 Å². The number of anilines is 1. The minimum atomic E-state index is -4.96. The van der Waals surface area contributed by atoms with Crippen molar-refractivity contribution in [2.45, 2.75) is 19.1 Å².